The van der Waals surface area contributed by atoms with Gasteiger partial charge in [0.25, 0.3) is 5.91 Å². The molecule has 0 aromatic heterocycles. The summed E-state index contributed by atoms with van der Waals surface area (Å²) < 4.78 is 5.50. The van der Waals surface area contributed by atoms with Crippen molar-refractivity contribution >= 4 is 27.7 Å². The SMILES string of the molecule is CC(C)C1NNC(C(=O)NCCc2ccc(OCC(=O)NC3CC3)cc2)C1Br. The fourth-order valence-electron chi connectivity index (χ4n) is 3.14. The second-order valence-electron chi connectivity index (χ2n) is 7.80. The van der Waals surface area contributed by atoms with E-state index in [1.54, 1.807) is 0 Å². The van der Waals surface area contributed by atoms with Crippen molar-refractivity contribution < 1.29 is 14.3 Å². The van der Waals surface area contributed by atoms with E-state index in [1.807, 2.05) is 24.3 Å². The van der Waals surface area contributed by atoms with E-state index < -0.39 is 0 Å². The highest BCUT2D eigenvalue weighted by molar-refractivity contribution is 9.09. The van der Waals surface area contributed by atoms with Crippen LogP contribution in [0.25, 0.3) is 0 Å². The summed E-state index contributed by atoms with van der Waals surface area (Å²) in [6.45, 7) is 4.86. The van der Waals surface area contributed by atoms with Gasteiger partial charge in [-0.2, -0.15) is 0 Å². The number of alkyl halides is 1. The smallest absolute Gasteiger partial charge is 0.258 e. The van der Waals surface area contributed by atoms with E-state index in [-0.39, 0.29) is 35.3 Å². The van der Waals surface area contributed by atoms with Crippen LogP contribution < -0.4 is 26.2 Å². The summed E-state index contributed by atoms with van der Waals surface area (Å²) in [7, 11) is 0. The van der Waals surface area contributed by atoms with Crippen molar-refractivity contribution in [1.82, 2.24) is 21.5 Å². The van der Waals surface area contributed by atoms with Gasteiger partial charge in [0.2, 0.25) is 5.91 Å². The number of hydrogen-bond donors (Lipinski definition) is 4. The van der Waals surface area contributed by atoms with Crippen LogP contribution in [0.4, 0.5) is 0 Å². The monoisotopic (exact) mass is 452 g/mol. The third-order valence-corrected chi connectivity index (χ3v) is 6.11. The van der Waals surface area contributed by atoms with Gasteiger partial charge < -0.3 is 15.4 Å². The third kappa shape index (κ3) is 5.93. The summed E-state index contributed by atoms with van der Waals surface area (Å²) in [4.78, 5) is 24.1. The third-order valence-electron chi connectivity index (χ3n) is 5.02. The van der Waals surface area contributed by atoms with Crippen LogP contribution in [-0.2, 0) is 16.0 Å². The Hall–Kier alpha value is -1.64. The summed E-state index contributed by atoms with van der Waals surface area (Å²) in [6.07, 6.45) is 2.87. The summed E-state index contributed by atoms with van der Waals surface area (Å²) >= 11 is 3.63. The highest BCUT2D eigenvalue weighted by atomic mass is 79.9. The number of halogens is 1. The van der Waals surface area contributed by atoms with E-state index >= 15 is 0 Å². The number of carbonyl (C=O) groups is 2. The van der Waals surface area contributed by atoms with Gasteiger partial charge in [-0.05, 0) is 42.9 Å². The molecule has 28 heavy (non-hydrogen) atoms. The van der Waals surface area contributed by atoms with Gasteiger partial charge in [0.05, 0.1) is 4.83 Å². The molecule has 8 heteroatoms. The highest BCUT2D eigenvalue weighted by Gasteiger charge is 2.39. The average molecular weight is 453 g/mol. The minimum atomic E-state index is -0.287. The quantitative estimate of drug-likeness (QED) is 0.423. The summed E-state index contributed by atoms with van der Waals surface area (Å²) in [5.41, 5.74) is 7.36. The van der Waals surface area contributed by atoms with Gasteiger partial charge >= 0.3 is 0 Å². The average Bonchev–Trinajstić information content (AvgIpc) is 3.39. The first-order valence-corrected chi connectivity index (χ1v) is 10.8. The Bertz CT molecular complexity index is 679. The molecule has 4 N–H and O–H groups in total. The van der Waals surface area contributed by atoms with Crippen LogP contribution in [0.5, 0.6) is 5.75 Å². The van der Waals surface area contributed by atoms with E-state index in [2.05, 4.69) is 51.3 Å². The van der Waals surface area contributed by atoms with E-state index in [4.69, 9.17) is 4.74 Å². The maximum Gasteiger partial charge on any atom is 0.258 e. The molecule has 1 heterocycles. The predicted octanol–water partition coefficient (Wildman–Crippen LogP) is 1.27. The second-order valence-corrected chi connectivity index (χ2v) is 8.85. The molecular formula is C20H29BrN4O3. The van der Waals surface area contributed by atoms with Crippen molar-refractivity contribution in [3.8, 4) is 5.75 Å². The molecule has 0 radical (unpaired) electrons. The van der Waals surface area contributed by atoms with E-state index in [0.29, 0.717) is 24.3 Å². The standard InChI is InChI=1S/C20H29BrN4O3/c1-12(2)18-17(21)19(25-24-18)20(27)22-10-9-13-3-7-15(8-4-13)28-11-16(26)23-14-5-6-14/h3-4,7-8,12,14,17-19,24-25H,5-6,9-11H2,1-2H3,(H,22,27)(H,23,26). The largest absolute Gasteiger partial charge is 0.484 e. The van der Waals surface area contributed by atoms with E-state index in [0.717, 1.165) is 24.8 Å². The number of carbonyl (C=O) groups excluding carboxylic acids is 2. The van der Waals surface area contributed by atoms with Crippen LogP contribution in [0.2, 0.25) is 0 Å². The topological polar surface area (TPSA) is 91.5 Å². The molecule has 2 aliphatic rings. The zero-order valence-electron chi connectivity index (χ0n) is 16.3. The first kappa shape index (κ1) is 21.1. The van der Waals surface area contributed by atoms with Crippen molar-refractivity contribution in [2.24, 2.45) is 5.92 Å². The van der Waals surface area contributed by atoms with Crippen LogP contribution >= 0.6 is 15.9 Å². The maximum atomic E-state index is 12.4. The lowest BCUT2D eigenvalue weighted by Gasteiger charge is -2.19. The zero-order valence-corrected chi connectivity index (χ0v) is 17.9. The molecule has 2 fully saturated rings. The Labute approximate surface area is 174 Å². The van der Waals surface area contributed by atoms with Gasteiger partial charge in [-0.3, -0.25) is 15.0 Å². The Morgan fingerprint density at radius 3 is 2.54 bits per heavy atom. The summed E-state index contributed by atoms with van der Waals surface area (Å²) in [5.74, 6) is 1.00. The molecule has 3 rings (SSSR count). The predicted molar refractivity (Wildman–Crippen MR) is 111 cm³/mol. The molecule has 1 aromatic carbocycles. The maximum absolute atomic E-state index is 12.4. The summed E-state index contributed by atoms with van der Waals surface area (Å²) in [5, 5.41) is 5.88. The number of ether oxygens (including phenoxy) is 1. The van der Waals surface area contributed by atoms with Crippen molar-refractivity contribution in [2.75, 3.05) is 13.2 Å². The van der Waals surface area contributed by atoms with Crippen LogP contribution in [0.3, 0.4) is 0 Å². The minimum absolute atomic E-state index is 0.0147. The highest BCUT2D eigenvalue weighted by Crippen LogP contribution is 2.22. The van der Waals surface area contributed by atoms with Crippen LogP contribution in [0, 0.1) is 5.92 Å². The lowest BCUT2D eigenvalue weighted by atomic mass is 9.99. The fourth-order valence-corrected chi connectivity index (χ4v) is 4.25. The number of benzene rings is 1. The summed E-state index contributed by atoms with van der Waals surface area (Å²) in [6, 6.07) is 7.90. The molecule has 1 aromatic rings. The zero-order chi connectivity index (χ0) is 20.1. The molecule has 3 unspecified atom stereocenters. The fraction of sp³-hybridized carbons (Fsp3) is 0.600. The van der Waals surface area contributed by atoms with Crippen LogP contribution in [-0.4, -0.2) is 47.9 Å². The van der Waals surface area contributed by atoms with Gasteiger partial charge in [0.1, 0.15) is 11.8 Å². The van der Waals surface area contributed by atoms with Gasteiger partial charge in [0.15, 0.2) is 6.61 Å². The molecule has 0 bridgehead atoms. The number of hydrazine groups is 1. The molecule has 2 amide bonds. The first-order chi connectivity index (χ1) is 13.4. The van der Waals surface area contributed by atoms with E-state index in [1.165, 1.54) is 0 Å². The molecule has 1 saturated heterocycles. The normalized spacial score (nSPS) is 24.2. The number of amides is 2. The molecule has 0 spiro atoms. The Morgan fingerprint density at radius 1 is 1.21 bits per heavy atom. The van der Waals surface area contributed by atoms with Crippen molar-refractivity contribution in [3.63, 3.8) is 0 Å². The number of rotatable bonds is 9. The molecule has 7 nitrogen and oxygen atoms in total. The van der Waals surface area contributed by atoms with Crippen molar-refractivity contribution in [1.29, 1.82) is 0 Å². The van der Waals surface area contributed by atoms with Crippen molar-refractivity contribution in [2.45, 2.75) is 56.1 Å². The molecule has 1 saturated carbocycles. The second kappa shape index (κ2) is 9.71. The lowest BCUT2D eigenvalue weighted by Crippen LogP contribution is -2.46. The van der Waals surface area contributed by atoms with Gasteiger partial charge in [-0.1, -0.05) is 41.9 Å². The van der Waals surface area contributed by atoms with E-state index in [9.17, 15) is 9.59 Å². The molecular weight excluding hydrogens is 424 g/mol. The molecule has 3 atom stereocenters. The van der Waals surface area contributed by atoms with Crippen molar-refractivity contribution in [3.05, 3.63) is 29.8 Å². The molecule has 1 aliphatic heterocycles. The molecule has 1 aliphatic carbocycles. The lowest BCUT2D eigenvalue weighted by molar-refractivity contribution is -0.123. The number of nitrogens with one attached hydrogen (secondary N) is 4. The minimum Gasteiger partial charge on any atom is -0.484 e. The van der Waals surface area contributed by atoms with Crippen LogP contribution in [0.1, 0.15) is 32.3 Å². The van der Waals surface area contributed by atoms with Gasteiger partial charge in [-0.15, -0.1) is 0 Å². The number of hydrogen-bond acceptors (Lipinski definition) is 5. The molecule has 154 valence electrons. The van der Waals surface area contributed by atoms with Gasteiger partial charge in [0, 0.05) is 18.6 Å². The van der Waals surface area contributed by atoms with Crippen LogP contribution in [0.15, 0.2) is 24.3 Å². The first-order valence-electron chi connectivity index (χ1n) is 9.88. The Balaban J connectivity index is 1.36. The Kier molecular flexibility index (Phi) is 7.31. The Morgan fingerprint density at radius 2 is 1.93 bits per heavy atom. The van der Waals surface area contributed by atoms with Gasteiger partial charge in [-0.25, -0.2) is 5.43 Å².